The Hall–Kier alpha value is -5.67. The van der Waals surface area contributed by atoms with Crippen LogP contribution in [-0.2, 0) is 4.79 Å². The van der Waals surface area contributed by atoms with Gasteiger partial charge in [0.15, 0.2) is 23.1 Å². The second-order valence-corrected chi connectivity index (χ2v) is 8.06. The molecule has 3 heterocycles. The van der Waals surface area contributed by atoms with E-state index < -0.39 is 35.5 Å². The number of aromatic amines is 1. The third kappa shape index (κ3) is 7.09. The molecule has 0 bridgehead atoms. The molecule has 0 aliphatic rings. The van der Waals surface area contributed by atoms with Crippen molar-refractivity contribution in [2.45, 2.75) is 6.18 Å². The number of anilines is 3. The number of aromatic nitrogens is 4. The molecule has 0 aliphatic carbocycles. The summed E-state index contributed by atoms with van der Waals surface area (Å²) in [5.41, 5.74) is 0.464. The largest absolute Gasteiger partial charge is 0.490 e. The van der Waals surface area contributed by atoms with Gasteiger partial charge in [0.05, 0.1) is 11.1 Å². The number of amides is 1. The lowest BCUT2D eigenvalue weighted by Crippen LogP contribution is -2.21. The highest BCUT2D eigenvalue weighted by atomic mass is 19.4. The van der Waals surface area contributed by atoms with Crippen LogP contribution in [0.2, 0.25) is 0 Å². The van der Waals surface area contributed by atoms with Crippen LogP contribution in [0.5, 0.6) is 11.5 Å². The first-order valence-electron chi connectivity index (χ1n) is 11.5. The van der Waals surface area contributed by atoms with Crippen molar-refractivity contribution in [3.8, 4) is 11.5 Å². The van der Waals surface area contributed by atoms with Crippen molar-refractivity contribution in [2.75, 3.05) is 10.6 Å². The maximum atomic E-state index is 14.8. The van der Waals surface area contributed by atoms with Gasteiger partial charge >= 0.3 is 12.1 Å². The van der Waals surface area contributed by atoms with E-state index in [2.05, 4.69) is 30.6 Å². The Bertz CT molecular complexity index is 1760. The predicted molar refractivity (Wildman–Crippen MR) is 136 cm³/mol. The Morgan fingerprint density at radius 1 is 0.857 bits per heavy atom. The highest BCUT2D eigenvalue weighted by Crippen LogP contribution is 2.32. The molecule has 42 heavy (non-hydrogen) atoms. The molecule has 10 nitrogen and oxygen atoms in total. The lowest BCUT2D eigenvalue weighted by Gasteiger charge is -2.12. The molecule has 2 aromatic carbocycles. The molecule has 0 radical (unpaired) electrons. The van der Waals surface area contributed by atoms with Crippen LogP contribution >= 0.6 is 0 Å². The van der Waals surface area contributed by atoms with Gasteiger partial charge in [-0.3, -0.25) is 4.79 Å². The monoisotopic (exact) mass is 590 g/mol. The number of ether oxygens (including phenoxy) is 1. The highest BCUT2D eigenvalue weighted by molar-refractivity contribution is 6.06. The Kier molecular flexibility index (Phi) is 8.54. The topological polar surface area (TPSA) is 142 Å². The molecule has 216 valence electrons. The normalized spacial score (nSPS) is 10.9. The van der Waals surface area contributed by atoms with Gasteiger partial charge in [0, 0.05) is 42.6 Å². The summed E-state index contributed by atoms with van der Waals surface area (Å²) in [5.74, 6) is -5.53. The van der Waals surface area contributed by atoms with Gasteiger partial charge in [-0.25, -0.2) is 32.9 Å². The highest BCUT2D eigenvalue weighted by Gasteiger charge is 2.38. The van der Waals surface area contributed by atoms with Crippen LogP contribution in [0.15, 0.2) is 73.3 Å². The summed E-state index contributed by atoms with van der Waals surface area (Å²) in [5, 5.41) is 13.0. The fourth-order valence-electron chi connectivity index (χ4n) is 3.31. The summed E-state index contributed by atoms with van der Waals surface area (Å²) < 4.78 is 79.3. The van der Waals surface area contributed by atoms with Crippen LogP contribution in [0.1, 0.15) is 10.5 Å². The standard InChI is InChI=1S/C24H15F3N6O2.C2HF3O2/c25-13-1-3-18(16(26)11-13)33-24(34)21-23(31-10-9-28-21)32-14-2-4-20(17(27)12-14)35-19-6-8-30-22-15(19)5-7-29-22;3-2(4,5)1(6)7/h1-12H,(H,29,30)(H,31,32)(H,33,34);(H,6,7). The fraction of sp³-hybridized carbons (Fsp3) is 0.0385. The first kappa shape index (κ1) is 29.3. The van der Waals surface area contributed by atoms with Gasteiger partial charge in [-0.15, -0.1) is 0 Å². The zero-order chi connectivity index (χ0) is 30.4. The SMILES string of the molecule is O=C(Nc1ccc(F)cc1F)c1nccnc1Nc1ccc(Oc2ccnc3[nH]ccc23)c(F)c1.O=C(O)C(F)(F)F. The molecule has 5 aromatic rings. The van der Waals surface area contributed by atoms with Gasteiger partial charge in [-0.05, 0) is 36.4 Å². The number of carboxylic acid groups (broad SMARTS) is 1. The summed E-state index contributed by atoms with van der Waals surface area (Å²) in [4.78, 5) is 36.7. The predicted octanol–water partition coefficient (Wildman–Crippen LogP) is 6.19. The van der Waals surface area contributed by atoms with Crippen molar-refractivity contribution in [1.29, 1.82) is 0 Å². The van der Waals surface area contributed by atoms with E-state index in [9.17, 15) is 31.1 Å². The van der Waals surface area contributed by atoms with Crippen LogP contribution in [-0.4, -0.2) is 43.1 Å². The van der Waals surface area contributed by atoms with E-state index in [4.69, 9.17) is 14.6 Å². The van der Waals surface area contributed by atoms with Gasteiger partial charge in [0.1, 0.15) is 23.0 Å². The molecule has 0 atom stereocenters. The van der Waals surface area contributed by atoms with Crippen LogP contribution < -0.4 is 15.4 Å². The van der Waals surface area contributed by atoms with Crippen LogP contribution in [0.25, 0.3) is 11.0 Å². The third-order valence-electron chi connectivity index (χ3n) is 5.17. The first-order valence-corrected chi connectivity index (χ1v) is 11.5. The van der Waals surface area contributed by atoms with E-state index in [-0.39, 0.29) is 28.6 Å². The zero-order valence-corrected chi connectivity index (χ0v) is 20.7. The van der Waals surface area contributed by atoms with Gasteiger partial charge in [0.2, 0.25) is 0 Å². The maximum Gasteiger partial charge on any atom is 0.490 e. The molecule has 0 fully saturated rings. The van der Waals surface area contributed by atoms with Crippen molar-refractivity contribution >= 4 is 40.1 Å². The van der Waals surface area contributed by atoms with Crippen LogP contribution in [0.4, 0.5) is 43.5 Å². The number of nitrogens with zero attached hydrogens (tertiary/aromatic N) is 3. The quantitative estimate of drug-likeness (QED) is 0.172. The van der Waals surface area contributed by atoms with E-state index in [1.165, 1.54) is 30.6 Å². The number of alkyl halides is 3. The molecule has 4 N–H and O–H groups in total. The minimum Gasteiger partial charge on any atom is -0.475 e. The molecule has 5 rings (SSSR count). The number of halogens is 6. The molecule has 0 saturated heterocycles. The number of carbonyl (C=O) groups is 2. The van der Waals surface area contributed by atoms with E-state index >= 15 is 0 Å². The second-order valence-electron chi connectivity index (χ2n) is 8.06. The molecular formula is C26H16F6N6O4. The third-order valence-corrected chi connectivity index (χ3v) is 5.17. The Balaban J connectivity index is 0.000000517. The fourth-order valence-corrected chi connectivity index (χ4v) is 3.31. The second kappa shape index (κ2) is 12.2. The van der Waals surface area contributed by atoms with Gasteiger partial charge in [0.25, 0.3) is 5.91 Å². The molecule has 1 amide bonds. The number of nitrogens with one attached hydrogen (secondary N) is 3. The summed E-state index contributed by atoms with van der Waals surface area (Å²) in [6, 6.07) is 10.2. The van der Waals surface area contributed by atoms with Crippen molar-refractivity contribution in [2.24, 2.45) is 0 Å². The summed E-state index contributed by atoms with van der Waals surface area (Å²) in [6.07, 6.45) is 0.763. The number of hydrogen-bond donors (Lipinski definition) is 4. The molecular weight excluding hydrogens is 574 g/mol. The van der Waals surface area contributed by atoms with Gasteiger partial charge < -0.3 is 25.5 Å². The van der Waals surface area contributed by atoms with Crippen LogP contribution in [0.3, 0.4) is 0 Å². The molecule has 0 aliphatic heterocycles. The Labute approximate surface area is 231 Å². The van der Waals surface area contributed by atoms with Gasteiger partial charge in [-0.2, -0.15) is 13.2 Å². The first-order chi connectivity index (χ1) is 19.9. The van der Waals surface area contributed by atoms with Crippen LogP contribution in [0, 0.1) is 17.5 Å². The van der Waals surface area contributed by atoms with E-state index in [0.717, 1.165) is 12.1 Å². The van der Waals surface area contributed by atoms with Gasteiger partial charge in [-0.1, -0.05) is 0 Å². The number of carboxylic acids is 1. The smallest absolute Gasteiger partial charge is 0.475 e. The van der Waals surface area contributed by atoms with Crippen molar-refractivity contribution < 1.29 is 45.8 Å². The minimum atomic E-state index is -5.08. The van der Waals surface area contributed by atoms with Crippen molar-refractivity contribution in [1.82, 2.24) is 19.9 Å². The maximum absolute atomic E-state index is 14.8. The zero-order valence-electron chi connectivity index (χ0n) is 20.7. The van der Waals surface area contributed by atoms with E-state index in [1.807, 2.05) is 0 Å². The number of hydrogen-bond acceptors (Lipinski definition) is 7. The number of H-pyrrole nitrogens is 1. The number of fused-ring (bicyclic) bond motifs is 1. The molecule has 3 aromatic heterocycles. The number of pyridine rings is 1. The molecule has 16 heteroatoms. The number of carbonyl (C=O) groups excluding carboxylic acids is 1. The minimum absolute atomic E-state index is 0.00348. The summed E-state index contributed by atoms with van der Waals surface area (Å²) >= 11 is 0. The molecule has 0 saturated carbocycles. The average Bonchev–Trinajstić information content (AvgIpc) is 3.42. The Morgan fingerprint density at radius 2 is 1.60 bits per heavy atom. The summed E-state index contributed by atoms with van der Waals surface area (Å²) in [6.45, 7) is 0. The average molecular weight is 590 g/mol. The number of aliphatic carboxylic acids is 1. The summed E-state index contributed by atoms with van der Waals surface area (Å²) in [7, 11) is 0. The lowest BCUT2D eigenvalue weighted by molar-refractivity contribution is -0.192. The Morgan fingerprint density at radius 3 is 2.29 bits per heavy atom. The number of benzene rings is 2. The van der Waals surface area contributed by atoms with Crippen molar-refractivity contribution in [3.63, 3.8) is 0 Å². The molecule has 0 unspecified atom stereocenters. The number of rotatable bonds is 6. The van der Waals surface area contributed by atoms with E-state index in [0.29, 0.717) is 22.8 Å². The lowest BCUT2D eigenvalue weighted by atomic mass is 10.2. The van der Waals surface area contributed by atoms with Crippen molar-refractivity contribution in [3.05, 3.63) is 96.5 Å². The van der Waals surface area contributed by atoms with E-state index in [1.54, 1.807) is 24.5 Å². The molecule has 0 spiro atoms.